The zero-order valence-electron chi connectivity index (χ0n) is 12.3. The quantitative estimate of drug-likeness (QED) is 0.847. The van der Waals surface area contributed by atoms with Gasteiger partial charge in [-0.25, -0.2) is 8.42 Å². The molecular formula is C15H22N2O3S. The highest BCUT2D eigenvalue weighted by Gasteiger charge is 2.40. The van der Waals surface area contributed by atoms with Crippen molar-refractivity contribution in [3.63, 3.8) is 0 Å². The summed E-state index contributed by atoms with van der Waals surface area (Å²) in [6.07, 6.45) is 4.06. The first-order chi connectivity index (χ1) is 10.00. The van der Waals surface area contributed by atoms with E-state index in [1.54, 1.807) is 22.5 Å². The Morgan fingerprint density at radius 3 is 2.81 bits per heavy atom. The number of sulfonamides is 1. The van der Waals surface area contributed by atoms with E-state index in [0.717, 1.165) is 31.2 Å². The van der Waals surface area contributed by atoms with Crippen molar-refractivity contribution in [1.82, 2.24) is 4.31 Å². The van der Waals surface area contributed by atoms with Gasteiger partial charge in [0.1, 0.15) is 0 Å². The number of nitrogen functional groups attached to an aromatic ring is 1. The van der Waals surface area contributed by atoms with Gasteiger partial charge < -0.3 is 10.5 Å². The first-order valence-electron chi connectivity index (χ1n) is 7.50. The van der Waals surface area contributed by atoms with Crippen molar-refractivity contribution in [3.8, 4) is 0 Å². The molecule has 116 valence electrons. The first kappa shape index (κ1) is 14.8. The van der Waals surface area contributed by atoms with E-state index in [0.29, 0.717) is 18.8 Å². The van der Waals surface area contributed by atoms with Crippen LogP contribution in [0.5, 0.6) is 0 Å². The maximum atomic E-state index is 12.9. The molecule has 3 rings (SSSR count). The monoisotopic (exact) mass is 310 g/mol. The standard InChI is InChI=1S/C15H22N2O3S/c1-11-6-7-12(10-13(11)16)21(18,19)17-8-9-20-15-5-3-2-4-14(15)17/h6-7,10,14-15H,2-5,8-9,16H2,1H3. The predicted octanol–water partition coefficient (Wildman–Crippen LogP) is 1.91. The van der Waals surface area contributed by atoms with Crippen molar-refractivity contribution in [1.29, 1.82) is 0 Å². The highest BCUT2D eigenvalue weighted by atomic mass is 32.2. The van der Waals surface area contributed by atoms with Gasteiger partial charge in [-0.2, -0.15) is 4.31 Å². The summed E-state index contributed by atoms with van der Waals surface area (Å²) in [6, 6.07) is 4.95. The van der Waals surface area contributed by atoms with Crippen molar-refractivity contribution in [2.75, 3.05) is 18.9 Å². The number of benzene rings is 1. The molecule has 0 aromatic heterocycles. The van der Waals surface area contributed by atoms with E-state index in [4.69, 9.17) is 10.5 Å². The second-order valence-electron chi connectivity index (χ2n) is 5.90. The van der Waals surface area contributed by atoms with E-state index in [9.17, 15) is 8.42 Å². The summed E-state index contributed by atoms with van der Waals surface area (Å²) >= 11 is 0. The third kappa shape index (κ3) is 2.67. The molecule has 2 atom stereocenters. The molecule has 21 heavy (non-hydrogen) atoms. The van der Waals surface area contributed by atoms with Crippen LogP contribution in [0, 0.1) is 6.92 Å². The molecule has 1 saturated heterocycles. The fourth-order valence-electron chi connectivity index (χ4n) is 3.27. The van der Waals surface area contributed by atoms with Crippen LogP contribution in [-0.2, 0) is 14.8 Å². The molecule has 0 spiro atoms. The molecule has 1 aliphatic heterocycles. The zero-order valence-corrected chi connectivity index (χ0v) is 13.1. The summed E-state index contributed by atoms with van der Waals surface area (Å²) < 4.78 is 33.2. The number of hydrogen-bond donors (Lipinski definition) is 1. The molecule has 2 N–H and O–H groups in total. The highest BCUT2D eigenvalue weighted by Crippen LogP contribution is 2.32. The average molecular weight is 310 g/mol. The lowest BCUT2D eigenvalue weighted by atomic mass is 9.91. The number of ether oxygens (including phenoxy) is 1. The SMILES string of the molecule is Cc1ccc(S(=O)(=O)N2CCOC3CCCCC32)cc1N. The van der Waals surface area contributed by atoms with Crippen LogP contribution in [0.4, 0.5) is 5.69 Å². The summed E-state index contributed by atoms with van der Waals surface area (Å²) in [6.45, 7) is 2.77. The van der Waals surface area contributed by atoms with Gasteiger partial charge in [0.15, 0.2) is 0 Å². The zero-order chi connectivity index (χ0) is 15.0. The molecule has 2 unspecified atom stereocenters. The summed E-state index contributed by atoms with van der Waals surface area (Å²) in [5.74, 6) is 0. The van der Waals surface area contributed by atoms with E-state index >= 15 is 0 Å². The van der Waals surface area contributed by atoms with Crippen molar-refractivity contribution >= 4 is 15.7 Å². The molecule has 6 heteroatoms. The molecule has 0 bridgehead atoms. The molecule has 0 amide bonds. The maximum Gasteiger partial charge on any atom is 0.243 e. The molecule has 2 aliphatic rings. The van der Waals surface area contributed by atoms with Gasteiger partial charge in [0.2, 0.25) is 10.0 Å². The Hall–Kier alpha value is -1.11. The Morgan fingerprint density at radius 1 is 1.29 bits per heavy atom. The Morgan fingerprint density at radius 2 is 2.05 bits per heavy atom. The smallest absolute Gasteiger partial charge is 0.243 e. The number of fused-ring (bicyclic) bond motifs is 1. The van der Waals surface area contributed by atoms with Crippen LogP contribution < -0.4 is 5.73 Å². The van der Waals surface area contributed by atoms with E-state index < -0.39 is 10.0 Å². The van der Waals surface area contributed by atoms with Crippen LogP contribution in [0.25, 0.3) is 0 Å². The van der Waals surface area contributed by atoms with Crippen LogP contribution in [0.15, 0.2) is 23.1 Å². The van der Waals surface area contributed by atoms with E-state index in [-0.39, 0.29) is 17.0 Å². The Labute approximate surface area is 126 Å². The van der Waals surface area contributed by atoms with Crippen LogP contribution in [0.2, 0.25) is 0 Å². The second kappa shape index (κ2) is 5.59. The predicted molar refractivity (Wildman–Crippen MR) is 81.5 cm³/mol. The lowest BCUT2D eigenvalue weighted by Gasteiger charge is -2.42. The molecular weight excluding hydrogens is 288 g/mol. The summed E-state index contributed by atoms with van der Waals surface area (Å²) in [5, 5.41) is 0. The van der Waals surface area contributed by atoms with Crippen LogP contribution >= 0.6 is 0 Å². The van der Waals surface area contributed by atoms with Gasteiger partial charge in [0, 0.05) is 12.2 Å². The Kier molecular flexibility index (Phi) is 3.94. The van der Waals surface area contributed by atoms with Gasteiger partial charge in [0.25, 0.3) is 0 Å². The van der Waals surface area contributed by atoms with Gasteiger partial charge in [-0.3, -0.25) is 0 Å². The van der Waals surface area contributed by atoms with Crippen molar-refractivity contribution < 1.29 is 13.2 Å². The summed E-state index contributed by atoms with van der Waals surface area (Å²) in [7, 11) is -3.50. The molecule has 5 nitrogen and oxygen atoms in total. The number of morpholine rings is 1. The minimum absolute atomic E-state index is 0.0278. The van der Waals surface area contributed by atoms with Gasteiger partial charge in [0.05, 0.1) is 23.6 Å². The maximum absolute atomic E-state index is 12.9. The third-order valence-corrected chi connectivity index (χ3v) is 6.46. The van der Waals surface area contributed by atoms with Gasteiger partial charge in [-0.15, -0.1) is 0 Å². The summed E-state index contributed by atoms with van der Waals surface area (Å²) in [4.78, 5) is 0.289. The normalized spacial score (nSPS) is 27.3. The lowest BCUT2D eigenvalue weighted by molar-refractivity contribution is -0.0586. The van der Waals surface area contributed by atoms with Crippen molar-refractivity contribution in [3.05, 3.63) is 23.8 Å². The first-order valence-corrected chi connectivity index (χ1v) is 8.94. The number of nitrogens with two attached hydrogens (primary N) is 1. The van der Waals surface area contributed by atoms with E-state index in [1.807, 2.05) is 6.92 Å². The van der Waals surface area contributed by atoms with Crippen molar-refractivity contribution in [2.24, 2.45) is 0 Å². The summed E-state index contributed by atoms with van der Waals surface area (Å²) in [5.41, 5.74) is 7.28. The number of rotatable bonds is 2. The number of hydrogen-bond acceptors (Lipinski definition) is 4. The van der Waals surface area contributed by atoms with Crippen LogP contribution in [-0.4, -0.2) is 38.0 Å². The molecule has 1 aliphatic carbocycles. The molecule has 1 aromatic rings. The highest BCUT2D eigenvalue weighted by molar-refractivity contribution is 7.89. The molecule has 1 heterocycles. The number of nitrogens with zero attached hydrogens (tertiary/aromatic N) is 1. The Balaban J connectivity index is 1.94. The molecule has 2 fully saturated rings. The second-order valence-corrected chi connectivity index (χ2v) is 7.79. The average Bonchev–Trinajstić information content (AvgIpc) is 2.49. The van der Waals surface area contributed by atoms with Gasteiger partial charge in [-0.05, 0) is 37.5 Å². The minimum Gasteiger partial charge on any atom is -0.398 e. The van der Waals surface area contributed by atoms with Gasteiger partial charge >= 0.3 is 0 Å². The van der Waals surface area contributed by atoms with Crippen molar-refractivity contribution in [2.45, 2.75) is 49.6 Å². The molecule has 1 aromatic carbocycles. The lowest BCUT2D eigenvalue weighted by Crippen LogP contribution is -2.54. The minimum atomic E-state index is -3.50. The van der Waals surface area contributed by atoms with Crippen LogP contribution in [0.3, 0.4) is 0 Å². The fourth-order valence-corrected chi connectivity index (χ4v) is 4.97. The largest absolute Gasteiger partial charge is 0.398 e. The topological polar surface area (TPSA) is 72.6 Å². The van der Waals surface area contributed by atoms with Gasteiger partial charge in [-0.1, -0.05) is 18.9 Å². The Bertz CT molecular complexity index is 628. The number of anilines is 1. The van der Waals surface area contributed by atoms with Crippen LogP contribution in [0.1, 0.15) is 31.2 Å². The molecule has 0 radical (unpaired) electrons. The fraction of sp³-hybridized carbons (Fsp3) is 0.600. The molecule has 1 saturated carbocycles. The van der Waals surface area contributed by atoms with E-state index in [2.05, 4.69) is 0 Å². The number of aryl methyl sites for hydroxylation is 1. The van der Waals surface area contributed by atoms with E-state index in [1.165, 1.54) is 0 Å². The third-order valence-electron chi connectivity index (χ3n) is 4.54.